The van der Waals surface area contributed by atoms with E-state index in [4.69, 9.17) is 4.74 Å². The number of esters is 1. The first-order chi connectivity index (χ1) is 9.63. The largest absolute Gasteiger partial charge is 0.469 e. The molecule has 0 amide bonds. The van der Waals surface area contributed by atoms with Crippen LogP contribution in [0.2, 0.25) is 0 Å². The Morgan fingerprint density at radius 3 is 2.15 bits per heavy atom. The Hall–Kier alpha value is -2.09. The van der Waals surface area contributed by atoms with E-state index in [-0.39, 0.29) is 11.9 Å². The number of rotatable bonds is 4. The summed E-state index contributed by atoms with van der Waals surface area (Å²) in [5.74, 6) is -0.126. The Morgan fingerprint density at radius 1 is 0.900 bits per heavy atom. The first-order valence-corrected chi connectivity index (χ1v) is 6.86. The third-order valence-corrected chi connectivity index (χ3v) is 3.76. The van der Waals surface area contributed by atoms with Crippen LogP contribution >= 0.6 is 0 Å². The van der Waals surface area contributed by atoms with Crippen LogP contribution in [0.25, 0.3) is 0 Å². The lowest BCUT2D eigenvalue weighted by Gasteiger charge is -2.15. The van der Waals surface area contributed by atoms with E-state index in [0.717, 1.165) is 5.56 Å². The van der Waals surface area contributed by atoms with E-state index >= 15 is 0 Å². The van der Waals surface area contributed by atoms with Crippen LogP contribution in [0.3, 0.4) is 0 Å². The molecule has 0 radical (unpaired) electrons. The van der Waals surface area contributed by atoms with Crippen LogP contribution in [-0.2, 0) is 9.53 Å². The van der Waals surface area contributed by atoms with E-state index in [1.165, 1.54) is 18.2 Å². The Kier molecular flexibility index (Phi) is 4.57. The second-order valence-corrected chi connectivity index (χ2v) is 5.05. The monoisotopic (exact) mass is 268 g/mol. The van der Waals surface area contributed by atoms with E-state index in [1.807, 2.05) is 37.3 Å². The molecule has 0 spiro atoms. The summed E-state index contributed by atoms with van der Waals surface area (Å²) in [5.41, 5.74) is 3.48. The third kappa shape index (κ3) is 3.08. The van der Waals surface area contributed by atoms with Crippen molar-refractivity contribution in [2.24, 2.45) is 0 Å². The number of benzene rings is 2. The lowest BCUT2D eigenvalue weighted by atomic mass is 9.90. The smallest absolute Gasteiger partial charge is 0.312 e. The molecule has 2 aromatic rings. The zero-order chi connectivity index (χ0) is 14.5. The van der Waals surface area contributed by atoms with Gasteiger partial charge in [0.2, 0.25) is 0 Å². The summed E-state index contributed by atoms with van der Waals surface area (Å²) in [6.45, 7) is 4.05. The molecular formula is C18H20O2. The molecule has 2 rings (SSSR count). The van der Waals surface area contributed by atoms with Gasteiger partial charge in [-0.15, -0.1) is 0 Å². The molecule has 0 N–H and O–H groups in total. The Labute approximate surface area is 120 Å². The zero-order valence-corrected chi connectivity index (χ0v) is 12.2. The minimum atomic E-state index is -0.233. The summed E-state index contributed by atoms with van der Waals surface area (Å²) in [6, 6.07) is 18.5. The molecule has 0 aliphatic rings. The predicted molar refractivity (Wildman–Crippen MR) is 80.8 cm³/mol. The van der Waals surface area contributed by atoms with Crippen molar-refractivity contribution in [1.82, 2.24) is 0 Å². The van der Waals surface area contributed by atoms with Crippen LogP contribution in [0.4, 0.5) is 0 Å². The number of hydrogen-bond acceptors (Lipinski definition) is 2. The minimum absolute atomic E-state index is 0.200. The Balaban J connectivity index is 2.28. The molecule has 0 aromatic heterocycles. The number of ether oxygens (including phenoxy) is 1. The predicted octanol–water partition coefficient (Wildman–Crippen LogP) is 4.11. The van der Waals surface area contributed by atoms with Crippen LogP contribution in [0, 0.1) is 0 Å². The average molecular weight is 268 g/mol. The first-order valence-electron chi connectivity index (χ1n) is 6.86. The molecule has 2 unspecified atom stereocenters. The number of carbonyl (C=O) groups is 1. The van der Waals surface area contributed by atoms with Gasteiger partial charge in [0, 0.05) is 5.92 Å². The van der Waals surface area contributed by atoms with E-state index in [1.54, 1.807) is 0 Å². The number of methoxy groups -OCH3 is 1. The second kappa shape index (κ2) is 6.38. The Morgan fingerprint density at radius 2 is 1.50 bits per heavy atom. The molecule has 104 valence electrons. The van der Waals surface area contributed by atoms with Gasteiger partial charge in [0.25, 0.3) is 0 Å². The summed E-state index contributed by atoms with van der Waals surface area (Å²) in [7, 11) is 1.43. The summed E-state index contributed by atoms with van der Waals surface area (Å²) >= 11 is 0. The standard InChI is InChI=1S/C18H20O2/c1-13(15-8-5-4-6-9-15)16-10-7-11-17(12-16)14(2)18(19)20-3/h4-14H,1-3H3. The molecule has 2 heteroatoms. The highest BCUT2D eigenvalue weighted by Gasteiger charge is 2.17. The SMILES string of the molecule is COC(=O)C(C)c1cccc(C(C)c2ccccc2)c1. The molecule has 0 aliphatic heterocycles. The molecule has 2 aromatic carbocycles. The highest BCUT2D eigenvalue weighted by Crippen LogP contribution is 2.27. The molecule has 0 saturated heterocycles. The van der Waals surface area contributed by atoms with Gasteiger partial charge in [-0.2, -0.15) is 0 Å². The lowest BCUT2D eigenvalue weighted by Crippen LogP contribution is -2.11. The highest BCUT2D eigenvalue weighted by atomic mass is 16.5. The third-order valence-electron chi connectivity index (χ3n) is 3.76. The summed E-state index contributed by atoms with van der Waals surface area (Å²) in [5, 5.41) is 0. The fraction of sp³-hybridized carbons (Fsp3) is 0.278. The van der Waals surface area contributed by atoms with Gasteiger partial charge in [-0.1, -0.05) is 61.5 Å². The molecule has 2 nitrogen and oxygen atoms in total. The molecular weight excluding hydrogens is 248 g/mol. The van der Waals surface area contributed by atoms with Gasteiger partial charge in [-0.25, -0.2) is 0 Å². The maximum Gasteiger partial charge on any atom is 0.312 e. The molecule has 0 aliphatic carbocycles. The first kappa shape index (κ1) is 14.3. The normalized spacial score (nSPS) is 13.6. The summed E-state index contributed by atoms with van der Waals surface area (Å²) in [4.78, 5) is 11.6. The van der Waals surface area contributed by atoms with Crippen LogP contribution in [0.1, 0.15) is 42.4 Å². The molecule has 20 heavy (non-hydrogen) atoms. The van der Waals surface area contributed by atoms with Gasteiger partial charge in [-0.3, -0.25) is 4.79 Å². The maximum atomic E-state index is 11.6. The lowest BCUT2D eigenvalue weighted by molar-refractivity contribution is -0.141. The van der Waals surface area contributed by atoms with Gasteiger partial charge < -0.3 is 4.74 Å². The van der Waals surface area contributed by atoms with Gasteiger partial charge in [-0.05, 0) is 23.6 Å². The highest BCUT2D eigenvalue weighted by molar-refractivity contribution is 5.77. The summed E-state index contributed by atoms with van der Waals surface area (Å²) < 4.78 is 4.81. The van der Waals surface area contributed by atoms with Gasteiger partial charge in [0.05, 0.1) is 13.0 Å². The van der Waals surface area contributed by atoms with E-state index in [9.17, 15) is 4.79 Å². The number of carbonyl (C=O) groups excluding carboxylic acids is 1. The molecule has 0 saturated carbocycles. The van der Waals surface area contributed by atoms with Gasteiger partial charge in [0.15, 0.2) is 0 Å². The van der Waals surface area contributed by atoms with Crippen molar-refractivity contribution < 1.29 is 9.53 Å². The van der Waals surface area contributed by atoms with Crippen molar-refractivity contribution in [3.63, 3.8) is 0 Å². The van der Waals surface area contributed by atoms with Gasteiger partial charge >= 0.3 is 5.97 Å². The fourth-order valence-electron chi connectivity index (χ4n) is 2.34. The van der Waals surface area contributed by atoms with E-state index in [0.29, 0.717) is 5.92 Å². The van der Waals surface area contributed by atoms with Gasteiger partial charge in [0.1, 0.15) is 0 Å². The number of hydrogen-bond donors (Lipinski definition) is 0. The molecule has 0 heterocycles. The zero-order valence-electron chi connectivity index (χ0n) is 12.2. The van der Waals surface area contributed by atoms with Crippen molar-refractivity contribution >= 4 is 5.97 Å². The molecule has 0 fully saturated rings. The maximum absolute atomic E-state index is 11.6. The fourth-order valence-corrected chi connectivity index (χ4v) is 2.34. The van der Waals surface area contributed by atoms with Crippen LogP contribution < -0.4 is 0 Å². The van der Waals surface area contributed by atoms with Crippen molar-refractivity contribution in [1.29, 1.82) is 0 Å². The van der Waals surface area contributed by atoms with Crippen molar-refractivity contribution in [2.75, 3.05) is 7.11 Å². The summed E-state index contributed by atoms with van der Waals surface area (Å²) in [6.07, 6.45) is 0. The minimum Gasteiger partial charge on any atom is -0.469 e. The van der Waals surface area contributed by atoms with Crippen LogP contribution in [0.15, 0.2) is 54.6 Å². The second-order valence-electron chi connectivity index (χ2n) is 5.05. The van der Waals surface area contributed by atoms with Crippen molar-refractivity contribution in [2.45, 2.75) is 25.7 Å². The van der Waals surface area contributed by atoms with Crippen LogP contribution in [0.5, 0.6) is 0 Å². The van der Waals surface area contributed by atoms with Crippen LogP contribution in [-0.4, -0.2) is 13.1 Å². The molecule has 2 atom stereocenters. The van der Waals surface area contributed by atoms with Crippen molar-refractivity contribution in [3.05, 3.63) is 71.3 Å². The molecule has 0 bridgehead atoms. The van der Waals surface area contributed by atoms with E-state index in [2.05, 4.69) is 31.2 Å². The topological polar surface area (TPSA) is 26.3 Å². The Bertz CT molecular complexity index is 575. The average Bonchev–Trinajstić information content (AvgIpc) is 2.53. The van der Waals surface area contributed by atoms with Crippen molar-refractivity contribution in [3.8, 4) is 0 Å². The quantitative estimate of drug-likeness (QED) is 0.780. The van der Waals surface area contributed by atoms with E-state index < -0.39 is 0 Å².